The van der Waals surface area contributed by atoms with Crippen LogP contribution in [-0.2, 0) is 20.0 Å². The van der Waals surface area contributed by atoms with Crippen molar-refractivity contribution in [2.75, 3.05) is 0 Å². The Kier molecular flexibility index (Phi) is 3.74. The van der Waals surface area contributed by atoms with Crippen LogP contribution in [0.5, 0.6) is 0 Å². The van der Waals surface area contributed by atoms with E-state index < -0.39 is 11.2 Å². The molecule has 2 aromatic heterocycles. The quantitative estimate of drug-likeness (QED) is 0.722. The first-order valence-electron chi connectivity index (χ1n) is 6.94. The molecule has 3 rings (SSSR count). The molecule has 0 saturated carbocycles. The van der Waals surface area contributed by atoms with Gasteiger partial charge < -0.3 is 4.57 Å². The van der Waals surface area contributed by atoms with Crippen molar-refractivity contribution in [2.45, 2.75) is 19.9 Å². The number of aromatic nitrogens is 4. The van der Waals surface area contributed by atoms with Crippen molar-refractivity contribution in [3.8, 4) is 0 Å². The number of H-pyrrole nitrogens is 1. The summed E-state index contributed by atoms with van der Waals surface area (Å²) in [5.74, 6) is 0. The van der Waals surface area contributed by atoms with Crippen LogP contribution in [0.1, 0.15) is 18.1 Å². The number of aromatic amines is 1. The first kappa shape index (κ1) is 14.8. The van der Waals surface area contributed by atoms with Crippen molar-refractivity contribution in [3.05, 3.63) is 61.0 Å². The van der Waals surface area contributed by atoms with Gasteiger partial charge in [-0.3, -0.25) is 14.3 Å². The van der Waals surface area contributed by atoms with Crippen LogP contribution in [-0.4, -0.2) is 19.1 Å². The summed E-state index contributed by atoms with van der Waals surface area (Å²) < 4.78 is 3.61. The van der Waals surface area contributed by atoms with E-state index in [2.05, 4.69) is 45.0 Å². The SMILES string of the molecule is CCc1ccc(Cn2c(Br)nc3c2c(=O)[nH]c(=O)n3C)cc1. The highest BCUT2D eigenvalue weighted by Crippen LogP contribution is 2.18. The molecular formula is C15H15BrN4O2. The molecule has 0 aliphatic rings. The van der Waals surface area contributed by atoms with E-state index >= 15 is 0 Å². The van der Waals surface area contributed by atoms with Gasteiger partial charge in [0.05, 0.1) is 6.54 Å². The van der Waals surface area contributed by atoms with Crippen LogP contribution in [0, 0.1) is 0 Å². The molecule has 6 nitrogen and oxygen atoms in total. The van der Waals surface area contributed by atoms with Crippen molar-refractivity contribution >= 4 is 27.1 Å². The Bertz CT molecular complexity index is 951. The first-order chi connectivity index (χ1) is 10.5. The number of imidazole rings is 1. The van der Waals surface area contributed by atoms with Crippen LogP contribution in [0.25, 0.3) is 11.2 Å². The van der Waals surface area contributed by atoms with Gasteiger partial charge in [-0.15, -0.1) is 0 Å². The molecule has 0 atom stereocenters. The Morgan fingerprint density at radius 1 is 1.18 bits per heavy atom. The maximum absolute atomic E-state index is 12.1. The van der Waals surface area contributed by atoms with Crippen molar-refractivity contribution < 1.29 is 0 Å². The lowest BCUT2D eigenvalue weighted by Crippen LogP contribution is -2.29. The van der Waals surface area contributed by atoms with Crippen LogP contribution < -0.4 is 11.2 Å². The number of aryl methyl sites for hydroxylation is 2. The molecule has 2 heterocycles. The van der Waals surface area contributed by atoms with Gasteiger partial charge in [0.1, 0.15) is 0 Å². The van der Waals surface area contributed by atoms with Crippen molar-refractivity contribution in [1.82, 2.24) is 19.1 Å². The van der Waals surface area contributed by atoms with Crippen LogP contribution in [0.4, 0.5) is 0 Å². The first-order valence-corrected chi connectivity index (χ1v) is 7.73. The molecule has 0 radical (unpaired) electrons. The molecule has 0 saturated heterocycles. The predicted octanol–water partition coefficient (Wildman–Crippen LogP) is 1.80. The van der Waals surface area contributed by atoms with E-state index in [1.54, 1.807) is 11.6 Å². The summed E-state index contributed by atoms with van der Waals surface area (Å²) in [6.45, 7) is 2.61. The molecule has 114 valence electrons. The fourth-order valence-electron chi connectivity index (χ4n) is 2.42. The normalized spacial score (nSPS) is 11.2. The lowest BCUT2D eigenvalue weighted by Gasteiger charge is -2.07. The van der Waals surface area contributed by atoms with Crippen molar-refractivity contribution in [2.24, 2.45) is 7.05 Å². The van der Waals surface area contributed by atoms with Gasteiger partial charge >= 0.3 is 5.69 Å². The molecule has 0 unspecified atom stereocenters. The van der Waals surface area contributed by atoms with E-state index in [-0.39, 0.29) is 0 Å². The van der Waals surface area contributed by atoms with Crippen LogP contribution in [0.15, 0.2) is 38.6 Å². The Morgan fingerprint density at radius 2 is 1.82 bits per heavy atom. The largest absolute Gasteiger partial charge is 0.329 e. The van der Waals surface area contributed by atoms with Gasteiger partial charge in [0.2, 0.25) is 0 Å². The van der Waals surface area contributed by atoms with Gasteiger partial charge in [-0.25, -0.2) is 9.78 Å². The smallest absolute Gasteiger partial charge is 0.308 e. The number of benzene rings is 1. The summed E-state index contributed by atoms with van der Waals surface area (Å²) in [6.07, 6.45) is 0.986. The summed E-state index contributed by atoms with van der Waals surface area (Å²) >= 11 is 3.37. The summed E-state index contributed by atoms with van der Waals surface area (Å²) in [5, 5.41) is 0. The van der Waals surface area contributed by atoms with Gasteiger partial charge in [0.15, 0.2) is 15.9 Å². The highest BCUT2D eigenvalue weighted by atomic mass is 79.9. The minimum absolute atomic E-state index is 0.366. The second-order valence-corrected chi connectivity index (χ2v) is 5.84. The maximum Gasteiger partial charge on any atom is 0.329 e. The van der Waals surface area contributed by atoms with E-state index in [1.807, 2.05) is 12.1 Å². The highest BCUT2D eigenvalue weighted by molar-refractivity contribution is 9.10. The van der Waals surface area contributed by atoms with Crippen LogP contribution in [0.3, 0.4) is 0 Å². The standard InChI is InChI=1S/C15H15BrN4O2/c1-3-9-4-6-10(7-5-9)8-20-11-12(17-14(20)16)19(2)15(22)18-13(11)21/h4-7H,3,8H2,1-2H3,(H,18,21,22). The van der Waals surface area contributed by atoms with Crippen molar-refractivity contribution in [1.29, 1.82) is 0 Å². The van der Waals surface area contributed by atoms with Gasteiger partial charge in [0.25, 0.3) is 5.56 Å². The molecular weight excluding hydrogens is 348 g/mol. The van der Waals surface area contributed by atoms with Crippen LogP contribution in [0.2, 0.25) is 0 Å². The molecule has 0 fully saturated rings. The zero-order valence-electron chi connectivity index (χ0n) is 12.3. The average molecular weight is 363 g/mol. The summed E-state index contributed by atoms with van der Waals surface area (Å²) in [4.78, 5) is 30.4. The minimum Gasteiger partial charge on any atom is -0.308 e. The molecule has 22 heavy (non-hydrogen) atoms. The lowest BCUT2D eigenvalue weighted by molar-refractivity contribution is 0.790. The third-order valence-electron chi connectivity index (χ3n) is 3.73. The number of halogens is 1. The molecule has 1 aromatic carbocycles. The third kappa shape index (κ3) is 2.41. The molecule has 0 bridgehead atoms. The molecule has 0 aliphatic carbocycles. The van der Waals surface area contributed by atoms with Gasteiger partial charge in [-0.1, -0.05) is 31.2 Å². The molecule has 7 heteroatoms. The second kappa shape index (κ2) is 5.57. The average Bonchev–Trinajstić information content (AvgIpc) is 2.83. The number of hydrogen-bond acceptors (Lipinski definition) is 3. The van der Waals surface area contributed by atoms with E-state index in [1.165, 1.54) is 10.1 Å². The Hall–Kier alpha value is -2.15. The monoisotopic (exact) mass is 362 g/mol. The highest BCUT2D eigenvalue weighted by Gasteiger charge is 2.15. The summed E-state index contributed by atoms with van der Waals surface area (Å²) in [6, 6.07) is 8.21. The van der Waals surface area contributed by atoms with E-state index in [9.17, 15) is 9.59 Å². The fraction of sp³-hybridized carbons (Fsp3) is 0.267. The minimum atomic E-state index is -0.470. The van der Waals surface area contributed by atoms with Gasteiger partial charge in [-0.05, 0) is 33.5 Å². The van der Waals surface area contributed by atoms with Crippen LogP contribution >= 0.6 is 15.9 Å². The zero-order valence-corrected chi connectivity index (χ0v) is 13.8. The number of nitrogens with one attached hydrogen (secondary N) is 1. The Labute approximate surface area is 134 Å². The van der Waals surface area contributed by atoms with Crippen molar-refractivity contribution in [3.63, 3.8) is 0 Å². The zero-order chi connectivity index (χ0) is 15.9. The molecule has 0 spiro atoms. The second-order valence-electron chi connectivity index (χ2n) is 5.13. The molecule has 0 amide bonds. The Balaban J connectivity index is 2.14. The molecule has 0 aliphatic heterocycles. The summed E-state index contributed by atoms with van der Waals surface area (Å²) in [5.41, 5.74) is 2.17. The number of rotatable bonds is 3. The number of nitrogens with zero attached hydrogens (tertiary/aromatic N) is 3. The number of fused-ring (bicyclic) bond motifs is 1. The molecule has 1 N–H and O–H groups in total. The van der Waals surface area contributed by atoms with Gasteiger partial charge in [0, 0.05) is 7.05 Å². The van der Waals surface area contributed by atoms with E-state index in [4.69, 9.17) is 0 Å². The lowest BCUT2D eigenvalue weighted by atomic mass is 10.1. The fourth-order valence-corrected chi connectivity index (χ4v) is 2.89. The van der Waals surface area contributed by atoms with E-state index in [0.29, 0.717) is 22.4 Å². The maximum atomic E-state index is 12.1. The third-order valence-corrected chi connectivity index (χ3v) is 4.34. The van der Waals surface area contributed by atoms with E-state index in [0.717, 1.165) is 12.0 Å². The molecule has 3 aromatic rings. The summed E-state index contributed by atoms with van der Waals surface area (Å²) in [7, 11) is 1.58. The van der Waals surface area contributed by atoms with Gasteiger partial charge in [-0.2, -0.15) is 0 Å². The Morgan fingerprint density at radius 3 is 2.45 bits per heavy atom. The topological polar surface area (TPSA) is 72.7 Å². The number of hydrogen-bond donors (Lipinski definition) is 1. The predicted molar refractivity (Wildman–Crippen MR) is 88.2 cm³/mol.